The van der Waals surface area contributed by atoms with Crippen molar-refractivity contribution in [2.45, 2.75) is 0 Å². The van der Waals surface area contributed by atoms with E-state index in [1.165, 1.54) is 0 Å². The fourth-order valence-corrected chi connectivity index (χ4v) is 1.85. The van der Waals surface area contributed by atoms with Crippen molar-refractivity contribution in [2.24, 2.45) is 0 Å². The van der Waals surface area contributed by atoms with Gasteiger partial charge in [0.1, 0.15) is 12.7 Å². The molecule has 0 saturated heterocycles. The molecule has 0 radical (unpaired) electrons. The molecule has 0 fully saturated rings. The highest BCUT2D eigenvalue weighted by atomic mass is 15.3. The van der Waals surface area contributed by atoms with Gasteiger partial charge in [0.25, 0.3) is 0 Å². The minimum absolute atomic E-state index is 0.707. The lowest BCUT2D eigenvalue weighted by molar-refractivity contribution is 0.927. The highest BCUT2D eigenvalue weighted by Crippen LogP contribution is 2.18. The predicted molar refractivity (Wildman–Crippen MR) is 62.8 cm³/mol. The average Bonchev–Trinajstić information content (AvgIpc) is 3.05. The predicted octanol–water partition coefficient (Wildman–Crippen LogP) is 0.834. The summed E-state index contributed by atoms with van der Waals surface area (Å²) in [5.74, 6) is 0. The number of aromatic nitrogens is 7. The van der Waals surface area contributed by atoms with Crippen LogP contribution in [0.2, 0.25) is 0 Å². The van der Waals surface area contributed by atoms with E-state index in [4.69, 9.17) is 0 Å². The smallest absolute Gasteiger partial charge is 0.178 e. The first-order valence-corrected chi connectivity index (χ1v) is 5.34. The molecule has 0 aliphatic carbocycles. The van der Waals surface area contributed by atoms with E-state index in [-0.39, 0.29) is 0 Å². The first kappa shape index (κ1) is 9.23. The third-order valence-electron chi connectivity index (χ3n) is 2.75. The molecule has 86 valence electrons. The summed E-state index contributed by atoms with van der Waals surface area (Å²) in [5, 5.41) is 12.0. The minimum Gasteiger partial charge on any atom is -0.290 e. The maximum Gasteiger partial charge on any atom is 0.178 e. The van der Waals surface area contributed by atoms with Crippen molar-refractivity contribution >= 4 is 11.3 Å². The van der Waals surface area contributed by atoms with E-state index in [9.17, 15) is 0 Å². The number of imidazole rings is 1. The van der Waals surface area contributed by atoms with Crippen LogP contribution in [0.25, 0.3) is 22.4 Å². The van der Waals surface area contributed by atoms with E-state index in [1.54, 1.807) is 35.8 Å². The third-order valence-corrected chi connectivity index (χ3v) is 2.75. The molecule has 0 saturated carbocycles. The van der Waals surface area contributed by atoms with Crippen molar-refractivity contribution in [2.75, 3.05) is 0 Å². The summed E-state index contributed by atoms with van der Waals surface area (Å²) >= 11 is 0. The fraction of sp³-hybridized carbons (Fsp3) is 0. The molecule has 0 aromatic carbocycles. The Bertz CT molecular complexity index is 772. The van der Waals surface area contributed by atoms with Gasteiger partial charge in [-0.25, -0.2) is 14.5 Å². The Morgan fingerprint density at radius 2 is 1.94 bits per heavy atom. The first-order chi connectivity index (χ1) is 8.90. The van der Waals surface area contributed by atoms with Crippen LogP contribution in [0.15, 0.2) is 43.5 Å². The van der Waals surface area contributed by atoms with E-state index in [0.29, 0.717) is 5.65 Å². The van der Waals surface area contributed by atoms with Crippen LogP contribution in [0.3, 0.4) is 0 Å². The molecule has 4 heterocycles. The highest BCUT2D eigenvalue weighted by Gasteiger charge is 2.04. The molecule has 0 amide bonds. The van der Waals surface area contributed by atoms with Gasteiger partial charge < -0.3 is 0 Å². The van der Waals surface area contributed by atoms with Crippen LogP contribution in [0.5, 0.6) is 0 Å². The van der Waals surface area contributed by atoms with E-state index >= 15 is 0 Å². The Labute approximate surface area is 101 Å². The molecule has 0 bridgehead atoms. The van der Waals surface area contributed by atoms with Crippen LogP contribution < -0.4 is 0 Å². The molecule has 0 aliphatic rings. The Morgan fingerprint density at radius 3 is 2.94 bits per heavy atom. The molecule has 0 atom stereocenters. The minimum atomic E-state index is 0.707. The largest absolute Gasteiger partial charge is 0.290 e. The zero-order chi connectivity index (χ0) is 11.9. The summed E-state index contributed by atoms with van der Waals surface area (Å²) in [4.78, 5) is 8.35. The van der Waals surface area contributed by atoms with Gasteiger partial charge in [-0.2, -0.15) is 5.10 Å². The summed E-state index contributed by atoms with van der Waals surface area (Å²) in [6.45, 7) is 0. The van der Waals surface area contributed by atoms with Crippen LogP contribution >= 0.6 is 0 Å². The zero-order valence-electron chi connectivity index (χ0n) is 9.17. The Kier molecular flexibility index (Phi) is 1.71. The second kappa shape index (κ2) is 3.33. The third kappa shape index (κ3) is 1.27. The second-order valence-corrected chi connectivity index (χ2v) is 3.88. The van der Waals surface area contributed by atoms with Gasteiger partial charge in [-0.05, 0) is 6.07 Å². The van der Waals surface area contributed by atoms with Crippen LogP contribution in [-0.4, -0.2) is 34.2 Å². The van der Waals surface area contributed by atoms with Crippen LogP contribution in [0.4, 0.5) is 0 Å². The highest BCUT2D eigenvalue weighted by molar-refractivity contribution is 5.65. The lowest BCUT2D eigenvalue weighted by atomic mass is 10.2. The topological polar surface area (TPSA) is 73.3 Å². The van der Waals surface area contributed by atoms with E-state index in [0.717, 1.165) is 16.8 Å². The summed E-state index contributed by atoms with van der Waals surface area (Å²) < 4.78 is 3.48. The molecule has 4 aromatic heterocycles. The molecule has 0 spiro atoms. The van der Waals surface area contributed by atoms with Gasteiger partial charge in [0, 0.05) is 23.5 Å². The molecule has 4 aromatic rings. The first-order valence-electron chi connectivity index (χ1n) is 5.34. The summed E-state index contributed by atoms with van der Waals surface area (Å²) in [6.07, 6.45) is 10.5. The van der Waals surface area contributed by atoms with Gasteiger partial charge in [0.15, 0.2) is 11.3 Å². The molecule has 0 unspecified atom stereocenters. The molecular formula is C11H7N7. The lowest BCUT2D eigenvalue weighted by Crippen LogP contribution is -1.93. The Hall–Kier alpha value is -2.83. The molecular weight excluding hydrogens is 230 g/mol. The van der Waals surface area contributed by atoms with Gasteiger partial charge in [0.05, 0.1) is 12.4 Å². The van der Waals surface area contributed by atoms with Gasteiger partial charge in [0.2, 0.25) is 0 Å². The molecule has 18 heavy (non-hydrogen) atoms. The monoisotopic (exact) mass is 237 g/mol. The second-order valence-electron chi connectivity index (χ2n) is 3.88. The van der Waals surface area contributed by atoms with Gasteiger partial charge in [-0.1, -0.05) is 0 Å². The summed E-state index contributed by atoms with van der Waals surface area (Å²) in [6, 6.07) is 1.92. The normalized spacial score (nSPS) is 11.3. The molecule has 7 nitrogen and oxygen atoms in total. The fourth-order valence-electron chi connectivity index (χ4n) is 1.85. The zero-order valence-corrected chi connectivity index (χ0v) is 9.17. The van der Waals surface area contributed by atoms with Crippen molar-refractivity contribution in [1.82, 2.24) is 34.2 Å². The molecule has 0 aliphatic heterocycles. The number of rotatable bonds is 1. The number of hydrogen-bond donors (Lipinski definition) is 0. The van der Waals surface area contributed by atoms with Gasteiger partial charge >= 0.3 is 0 Å². The van der Waals surface area contributed by atoms with Crippen LogP contribution in [0.1, 0.15) is 0 Å². The quantitative estimate of drug-likeness (QED) is 0.490. The molecule has 7 heteroatoms. The Balaban J connectivity index is 1.93. The van der Waals surface area contributed by atoms with Crippen LogP contribution in [-0.2, 0) is 0 Å². The van der Waals surface area contributed by atoms with Gasteiger partial charge in [-0.15, -0.1) is 10.2 Å². The van der Waals surface area contributed by atoms with Gasteiger partial charge in [-0.3, -0.25) is 4.40 Å². The summed E-state index contributed by atoms with van der Waals surface area (Å²) in [5.41, 5.74) is 3.42. The van der Waals surface area contributed by atoms with Crippen LogP contribution in [0, 0.1) is 0 Å². The van der Waals surface area contributed by atoms with Crippen molar-refractivity contribution in [1.29, 1.82) is 0 Å². The van der Waals surface area contributed by atoms with E-state index in [2.05, 4.69) is 25.3 Å². The van der Waals surface area contributed by atoms with E-state index in [1.807, 2.05) is 16.7 Å². The standard InChI is InChI=1S/C11H7N7/c1-8(3-15-18-7-14-16-10(1)18)9-2-13-11-4-12-6-17(11)5-9/h1-7H. The number of nitrogens with zero attached hydrogens (tertiary/aromatic N) is 7. The SMILES string of the molecule is c1nc2cncn2cc1-c1cnn2cnnc2c1. The van der Waals surface area contributed by atoms with Crippen molar-refractivity contribution in [3.8, 4) is 11.1 Å². The lowest BCUT2D eigenvalue weighted by Gasteiger charge is -2.01. The Morgan fingerprint density at radius 1 is 0.944 bits per heavy atom. The maximum absolute atomic E-state index is 4.32. The van der Waals surface area contributed by atoms with Crippen molar-refractivity contribution < 1.29 is 0 Å². The van der Waals surface area contributed by atoms with E-state index < -0.39 is 0 Å². The molecule has 0 N–H and O–H groups in total. The molecule has 4 rings (SSSR count). The van der Waals surface area contributed by atoms with Crippen molar-refractivity contribution in [3.63, 3.8) is 0 Å². The number of hydrogen-bond acceptors (Lipinski definition) is 5. The summed E-state index contributed by atoms with van der Waals surface area (Å²) in [7, 11) is 0. The number of fused-ring (bicyclic) bond motifs is 2. The van der Waals surface area contributed by atoms with Crippen molar-refractivity contribution in [3.05, 3.63) is 43.5 Å². The maximum atomic E-state index is 4.32. The average molecular weight is 237 g/mol.